The maximum atomic E-state index is 12.2. The third-order valence-corrected chi connectivity index (χ3v) is 7.11. The number of carbonyl (C=O) groups excluding carboxylic acids is 1. The first-order valence-corrected chi connectivity index (χ1v) is 13.8. The number of amides is 1. The molecule has 1 amide bonds. The molecule has 2 aliphatic rings. The summed E-state index contributed by atoms with van der Waals surface area (Å²) in [6.07, 6.45) is 4.64. The van der Waals surface area contributed by atoms with E-state index >= 15 is 0 Å². The number of carbonyl (C=O) groups is 1. The van der Waals surface area contributed by atoms with Gasteiger partial charge in [-0.2, -0.15) is 0 Å². The van der Waals surface area contributed by atoms with Crippen LogP contribution in [0.4, 0.5) is 0 Å². The summed E-state index contributed by atoms with van der Waals surface area (Å²) in [6, 6.07) is 13.1. The third kappa shape index (κ3) is 8.50. The molecule has 2 fully saturated rings. The topological polar surface area (TPSA) is 80.7 Å². The Morgan fingerprint density at radius 3 is 2.82 bits per heavy atom. The van der Waals surface area contributed by atoms with Gasteiger partial charge in [-0.15, -0.1) is 0 Å². The summed E-state index contributed by atoms with van der Waals surface area (Å²) in [6.45, 7) is 4.63. The zero-order valence-corrected chi connectivity index (χ0v) is 23.0. The monoisotopic (exact) mass is 546 g/mol. The Morgan fingerprint density at radius 1 is 1.08 bits per heavy atom. The van der Waals surface area contributed by atoms with Crippen molar-refractivity contribution in [1.29, 1.82) is 0 Å². The van der Waals surface area contributed by atoms with E-state index in [1.807, 2.05) is 35.2 Å². The molecule has 0 saturated carbocycles. The van der Waals surface area contributed by atoms with E-state index in [0.717, 1.165) is 44.3 Å². The van der Waals surface area contributed by atoms with E-state index in [0.29, 0.717) is 61.5 Å². The van der Waals surface area contributed by atoms with Crippen LogP contribution >= 0.6 is 11.6 Å². The first-order chi connectivity index (χ1) is 18.4. The number of benzene rings is 2. The normalized spacial score (nSPS) is 21.0. The first-order valence-electron chi connectivity index (χ1n) is 13.4. The van der Waals surface area contributed by atoms with Crippen molar-refractivity contribution in [2.75, 3.05) is 59.7 Å². The largest absolute Gasteiger partial charge is 0.493 e. The summed E-state index contributed by atoms with van der Waals surface area (Å²) in [5, 5.41) is 11.8. The molecule has 2 aromatic carbocycles. The van der Waals surface area contributed by atoms with Crippen LogP contribution in [0.5, 0.6) is 17.2 Å². The van der Waals surface area contributed by atoms with Crippen molar-refractivity contribution in [2.45, 2.75) is 44.2 Å². The molecular weight excluding hydrogens is 508 g/mol. The van der Waals surface area contributed by atoms with Crippen LogP contribution in [0.25, 0.3) is 0 Å². The number of nitrogens with zero attached hydrogens (tertiary/aromatic N) is 2. The van der Waals surface area contributed by atoms with E-state index in [9.17, 15) is 9.90 Å². The summed E-state index contributed by atoms with van der Waals surface area (Å²) in [7, 11) is 1.63. The van der Waals surface area contributed by atoms with E-state index in [-0.39, 0.29) is 19.1 Å². The molecule has 0 spiro atoms. The molecule has 9 heteroatoms. The molecule has 8 nitrogen and oxygen atoms in total. The number of rotatable bonds is 11. The van der Waals surface area contributed by atoms with Crippen molar-refractivity contribution in [1.82, 2.24) is 9.80 Å². The van der Waals surface area contributed by atoms with Crippen molar-refractivity contribution < 1.29 is 28.8 Å². The Bertz CT molecular complexity index is 1050. The highest BCUT2D eigenvalue weighted by Gasteiger charge is 2.33. The maximum absolute atomic E-state index is 12.2. The van der Waals surface area contributed by atoms with E-state index in [1.165, 1.54) is 0 Å². The Kier molecular flexibility index (Phi) is 10.5. The Labute approximate surface area is 230 Å². The van der Waals surface area contributed by atoms with Gasteiger partial charge in [0.05, 0.1) is 26.9 Å². The average Bonchev–Trinajstić information content (AvgIpc) is 3.23. The minimum absolute atomic E-state index is 0.100. The standard InChI is InChI=1S/C29H39ClN2O6/c1-35-27-17-23(10-11-26(27)37-15-6-13-32-12-4-2-3-9-28(32)33)19-31-14-16-36-21-29(34,20-31)22-38-25-8-5-7-24(30)18-25/h5,7-8,10-11,17-18,34H,2-4,6,9,12-16,19-22H2,1H3/t29-/m1/s1. The van der Waals surface area contributed by atoms with Crippen LogP contribution in [0.3, 0.4) is 0 Å². The summed E-state index contributed by atoms with van der Waals surface area (Å²) in [4.78, 5) is 16.3. The number of ether oxygens (including phenoxy) is 4. The molecule has 2 aliphatic heterocycles. The Balaban J connectivity index is 1.29. The lowest BCUT2D eigenvalue weighted by Gasteiger charge is -2.30. The summed E-state index contributed by atoms with van der Waals surface area (Å²) >= 11 is 6.05. The second-order valence-electron chi connectivity index (χ2n) is 10.1. The molecule has 208 valence electrons. The number of likely N-dealkylation sites (tertiary alicyclic amines) is 1. The molecule has 0 aliphatic carbocycles. The molecule has 4 rings (SSSR count). The van der Waals surface area contributed by atoms with Gasteiger partial charge in [-0.1, -0.05) is 30.2 Å². The van der Waals surface area contributed by atoms with Gasteiger partial charge in [0.15, 0.2) is 11.5 Å². The summed E-state index contributed by atoms with van der Waals surface area (Å²) in [5.41, 5.74) is -0.106. The second-order valence-corrected chi connectivity index (χ2v) is 10.5. The van der Waals surface area contributed by atoms with Gasteiger partial charge in [-0.25, -0.2) is 0 Å². The van der Waals surface area contributed by atoms with Crippen LogP contribution in [0.2, 0.25) is 5.02 Å². The fourth-order valence-corrected chi connectivity index (χ4v) is 5.07. The summed E-state index contributed by atoms with van der Waals surface area (Å²) < 4.78 is 23.1. The van der Waals surface area contributed by atoms with Gasteiger partial charge in [-0.3, -0.25) is 9.69 Å². The SMILES string of the molecule is COc1cc(CN2CCOC[C@@](O)(COc3cccc(Cl)c3)C2)ccc1OCCCN1CCCCCC1=O. The zero-order chi connectivity index (χ0) is 26.8. The second kappa shape index (κ2) is 14.0. The van der Waals surface area contributed by atoms with E-state index < -0.39 is 5.60 Å². The maximum Gasteiger partial charge on any atom is 0.222 e. The van der Waals surface area contributed by atoms with Gasteiger partial charge in [0, 0.05) is 44.2 Å². The lowest BCUT2D eigenvalue weighted by Crippen LogP contribution is -2.48. The van der Waals surface area contributed by atoms with Crippen LogP contribution in [0.1, 0.15) is 37.7 Å². The minimum Gasteiger partial charge on any atom is -0.493 e. The fourth-order valence-electron chi connectivity index (χ4n) is 4.89. The van der Waals surface area contributed by atoms with Crippen molar-refractivity contribution in [2.24, 2.45) is 0 Å². The van der Waals surface area contributed by atoms with Crippen molar-refractivity contribution in [3.05, 3.63) is 53.1 Å². The molecular formula is C29H39ClN2O6. The molecule has 2 aromatic rings. The van der Waals surface area contributed by atoms with Gasteiger partial charge in [0.25, 0.3) is 0 Å². The van der Waals surface area contributed by atoms with E-state index in [2.05, 4.69) is 4.90 Å². The smallest absolute Gasteiger partial charge is 0.222 e. The van der Waals surface area contributed by atoms with Gasteiger partial charge in [0.1, 0.15) is 18.0 Å². The van der Waals surface area contributed by atoms with Gasteiger partial charge in [0.2, 0.25) is 5.91 Å². The van der Waals surface area contributed by atoms with Crippen LogP contribution in [-0.2, 0) is 16.1 Å². The Hall–Kier alpha value is -2.52. The highest BCUT2D eigenvalue weighted by Crippen LogP contribution is 2.29. The molecule has 0 radical (unpaired) electrons. The van der Waals surface area contributed by atoms with Crippen molar-refractivity contribution >= 4 is 17.5 Å². The molecule has 38 heavy (non-hydrogen) atoms. The number of halogens is 1. The van der Waals surface area contributed by atoms with Crippen molar-refractivity contribution in [3.8, 4) is 17.2 Å². The van der Waals surface area contributed by atoms with Crippen LogP contribution < -0.4 is 14.2 Å². The molecule has 0 unspecified atom stereocenters. The number of hydrogen-bond donors (Lipinski definition) is 1. The quantitative estimate of drug-likeness (QED) is 0.424. The number of β-amino-alcohol motifs (C(OH)–C–C–N with tert-alkyl or cyclic N) is 1. The van der Waals surface area contributed by atoms with E-state index in [1.54, 1.807) is 19.2 Å². The predicted molar refractivity (Wildman–Crippen MR) is 146 cm³/mol. The Morgan fingerprint density at radius 2 is 1.97 bits per heavy atom. The molecule has 0 bridgehead atoms. The zero-order valence-electron chi connectivity index (χ0n) is 22.2. The van der Waals surface area contributed by atoms with Gasteiger partial charge in [-0.05, 0) is 55.2 Å². The highest BCUT2D eigenvalue weighted by molar-refractivity contribution is 6.30. The molecule has 2 saturated heterocycles. The first kappa shape index (κ1) is 28.5. The van der Waals surface area contributed by atoms with Crippen LogP contribution in [0, 0.1) is 0 Å². The lowest BCUT2D eigenvalue weighted by molar-refractivity contribution is -0.130. The average molecular weight is 547 g/mol. The molecule has 2 heterocycles. The summed E-state index contributed by atoms with van der Waals surface area (Å²) in [5.74, 6) is 2.22. The molecule has 0 aromatic heterocycles. The van der Waals surface area contributed by atoms with Gasteiger partial charge < -0.3 is 29.0 Å². The molecule has 1 atom stereocenters. The van der Waals surface area contributed by atoms with E-state index in [4.69, 9.17) is 30.5 Å². The highest BCUT2D eigenvalue weighted by atomic mass is 35.5. The number of hydrogen-bond acceptors (Lipinski definition) is 7. The lowest BCUT2D eigenvalue weighted by atomic mass is 10.1. The van der Waals surface area contributed by atoms with Crippen molar-refractivity contribution in [3.63, 3.8) is 0 Å². The molecule has 1 N–H and O–H groups in total. The minimum atomic E-state index is -1.15. The van der Waals surface area contributed by atoms with Crippen LogP contribution in [-0.4, -0.2) is 86.1 Å². The van der Waals surface area contributed by atoms with Gasteiger partial charge >= 0.3 is 0 Å². The number of aliphatic hydroxyl groups is 1. The number of methoxy groups -OCH3 is 1. The predicted octanol–water partition coefficient (Wildman–Crippen LogP) is 4.16. The fraction of sp³-hybridized carbons (Fsp3) is 0.552. The van der Waals surface area contributed by atoms with Crippen LogP contribution in [0.15, 0.2) is 42.5 Å². The third-order valence-electron chi connectivity index (χ3n) is 6.88.